The van der Waals surface area contributed by atoms with Crippen LogP contribution < -0.4 is 9.80 Å². The summed E-state index contributed by atoms with van der Waals surface area (Å²) < 4.78 is 0. The number of anilines is 2. The maximum atomic E-state index is 4.72. The molecule has 112 valence electrons. The summed E-state index contributed by atoms with van der Waals surface area (Å²) in [5.74, 6) is 1.73. The SMILES string of the molecule is CCCN(CCC)c1nncc(N2CCN(C)CC2)n1. The Bertz CT molecular complexity index is 396. The first-order valence-electron chi connectivity index (χ1n) is 7.62. The fourth-order valence-corrected chi connectivity index (χ4v) is 2.46. The van der Waals surface area contributed by atoms with Crippen LogP contribution in [-0.2, 0) is 0 Å². The summed E-state index contributed by atoms with van der Waals surface area (Å²) in [5, 5.41) is 8.37. The van der Waals surface area contributed by atoms with Gasteiger partial charge in [0, 0.05) is 39.3 Å². The van der Waals surface area contributed by atoms with Crippen molar-refractivity contribution in [3.63, 3.8) is 0 Å². The molecule has 6 nitrogen and oxygen atoms in total. The molecule has 1 saturated heterocycles. The van der Waals surface area contributed by atoms with E-state index in [9.17, 15) is 0 Å². The van der Waals surface area contributed by atoms with Crippen LogP contribution in [0.3, 0.4) is 0 Å². The summed E-state index contributed by atoms with van der Waals surface area (Å²) >= 11 is 0. The molecule has 0 radical (unpaired) electrons. The smallest absolute Gasteiger partial charge is 0.247 e. The number of aromatic nitrogens is 3. The molecule has 0 unspecified atom stereocenters. The van der Waals surface area contributed by atoms with Crippen molar-refractivity contribution in [2.45, 2.75) is 26.7 Å². The van der Waals surface area contributed by atoms with E-state index in [0.717, 1.165) is 63.9 Å². The Labute approximate surface area is 121 Å². The minimum Gasteiger partial charge on any atom is -0.353 e. The second-order valence-electron chi connectivity index (χ2n) is 5.39. The first-order valence-corrected chi connectivity index (χ1v) is 7.62. The molecule has 1 fully saturated rings. The monoisotopic (exact) mass is 278 g/mol. The number of likely N-dealkylation sites (N-methyl/N-ethyl adjacent to an activating group) is 1. The van der Waals surface area contributed by atoms with Crippen molar-refractivity contribution in [1.29, 1.82) is 0 Å². The minimum atomic E-state index is 0.769. The van der Waals surface area contributed by atoms with Crippen LogP contribution in [0.4, 0.5) is 11.8 Å². The van der Waals surface area contributed by atoms with Crippen molar-refractivity contribution >= 4 is 11.8 Å². The zero-order valence-electron chi connectivity index (χ0n) is 12.9. The first-order chi connectivity index (χ1) is 9.74. The number of nitrogens with zero attached hydrogens (tertiary/aromatic N) is 6. The maximum Gasteiger partial charge on any atom is 0.247 e. The van der Waals surface area contributed by atoms with Crippen molar-refractivity contribution in [3.8, 4) is 0 Å². The highest BCUT2D eigenvalue weighted by Gasteiger charge is 2.17. The molecule has 20 heavy (non-hydrogen) atoms. The Balaban J connectivity index is 2.09. The Kier molecular flexibility index (Phi) is 5.52. The fourth-order valence-electron chi connectivity index (χ4n) is 2.46. The van der Waals surface area contributed by atoms with E-state index < -0.39 is 0 Å². The highest BCUT2D eigenvalue weighted by Crippen LogP contribution is 2.15. The van der Waals surface area contributed by atoms with E-state index in [1.165, 1.54) is 0 Å². The molecule has 1 aliphatic rings. The number of rotatable bonds is 6. The topological polar surface area (TPSA) is 48.4 Å². The lowest BCUT2D eigenvalue weighted by Gasteiger charge is -2.33. The minimum absolute atomic E-state index is 0.769. The lowest BCUT2D eigenvalue weighted by molar-refractivity contribution is 0.312. The highest BCUT2D eigenvalue weighted by atomic mass is 15.4. The Hall–Kier alpha value is -1.43. The summed E-state index contributed by atoms with van der Waals surface area (Å²) in [6, 6.07) is 0. The van der Waals surface area contributed by atoms with Crippen LogP contribution in [0.5, 0.6) is 0 Å². The molecule has 0 atom stereocenters. The summed E-state index contributed by atoms with van der Waals surface area (Å²) in [6.45, 7) is 10.5. The Morgan fingerprint density at radius 3 is 2.35 bits per heavy atom. The van der Waals surface area contributed by atoms with Crippen molar-refractivity contribution in [3.05, 3.63) is 6.20 Å². The Morgan fingerprint density at radius 2 is 1.75 bits per heavy atom. The van der Waals surface area contributed by atoms with Crippen molar-refractivity contribution < 1.29 is 0 Å². The molecule has 1 aromatic heterocycles. The second-order valence-corrected chi connectivity index (χ2v) is 5.39. The van der Waals surface area contributed by atoms with Gasteiger partial charge in [-0.25, -0.2) is 0 Å². The molecule has 0 amide bonds. The number of piperazine rings is 1. The van der Waals surface area contributed by atoms with Crippen LogP contribution in [0.25, 0.3) is 0 Å². The molecule has 2 heterocycles. The average Bonchev–Trinajstić information content (AvgIpc) is 2.48. The van der Waals surface area contributed by atoms with Gasteiger partial charge in [-0.2, -0.15) is 10.1 Å². The third kappa shape index (κ3) is 3.79. The standard InChI is InChI=1S/C14H26N6/c1-4-6-20(7-5-2)14-16-13(12-15-17-14)19-10-8-18(3)9-11-19/h12H,4-11H2,1-3H3. The van der Waals surface area contributed by atoms with Gasteiger partial charge < -0.3 is 14.7 Å². The Morgan fingerprint density at radius 1 is 1.10 bits per heavy atom. The van der Waals surface area contributed by atoms with Gasteiger partial charge in [0.2, 0.25) is 5.95 Å². The van der Waals surface area contributed by atoms with Gasteiger partial charge in [-0.15, -0.1) is 5.10 Å². The maximum absolute atomic E-state index is 4.72. The number of hydrogen-bond donors (Lipinski definition) is 0. The van der Waals surface area contributed by atoms with E-state index in [4.69, 9.17) is 4.98 Å². The van der Waals surface area contributed by atoms with Crippen LogP contribution in [-0.4, -0.2) is 66.4 Å². The molecule has 0 N–H and O–H groups in total. The highest BCUT2D eigenvalue weighted by molar-refractivity contribution is 5.42. The molecule has 2 rings (SSSR count). The molecule has 6 heteroatoms. The van der Waals surface area contributed by atoms with Crippen molar-refractivity contribution in [2.24, 2.45) is 0 Å². The first kappa shape index (κ1) is 15.0. The van der Waals surface area contributed by atoms with E-state index in [1.807, 2.05) is 0 Å². The summed E-state index contributed by atoms with van der Waals surface area (Å²) in [5.41, 5.74) is 0. The second kappa shape index (κ2) is 7.38. The van der Waals surface area contributed by atoms with Crippen molar-refractivity contribution in [2.75, 3.05) is 56.1 Å². The van der Waals surface area contributed by atoms with Gasteiger partial charge in [0.05, 0.1) is 6.20 Å². The van der Waals surface area contributed by atoms with E-state index >= 15 is 0 Å². The molecule has 0 saturated carbocycles. The predicted octanol–water partition coefficient (Wildman–Crippen LogP) is 1.25. The van der Waals surface area contributed by atoms with Gasteiger partial charge in [0.1, 0.15) is 0 Å². The molecule has 0 aliphatic carbocycles. The van der Waals surface area contributed by atoms with Gasteiger partial charge >= 0.3 is 0 Å². The van der Waals surface area contributed by atoms with Crippen LogP contribution in [0, 0.1) is 0 Å². The molecule has 0 bridgehead atoms. The van der Waals surface area contributed by atoms with Gasteiger partial charge in [0.15, 0.2) is 5.82 Å². The summed E-state index contributed by atoms with van der Waals surface area (Å²) in [6.07, 6.45) is 3.98. The lowest BCUT2D eigenvalue weighted by atomic mass is 10.3. The van der Waals surface area contributed by atoms with Crippen LogP contribution in [0.15, 0.2) is 6.20 Å². The van der Waals surface area contributed by atoms with Gasteiger partial charge in [0.25, 0.3) is 0 Å². The predicted molar refractivity (Wildman–Crippen MR) is 82.3 cm³/mol. The zero-order valence-corrected chi connectivity index (χ0v) is 12.9. The van der Waals surface area contributed by atoms with E-state index in [0.29, 0.717) is 0 Å². The van der Waals surface area contributed by atoms with E-state index in [1.54, 1.807) is 6.20 Å². The molecule has 1 aromatic rings. The third-order valence-corrected chi connectivity index (χ3v) is 3.63. The van der Waals surface area contributed by atoms with Gasteiger partial charge in [-0.05, 0) is 19.9 Å². The lowest BCUT2D eigenvalue weighted by Crippen LogP contribution is -2.45. The van der Waals surface area contributed by atoms with Crippen molar-refractivity contribution in [1.82, 2.24) is 20.1 Å². The molecular formula is C14H26N6. The van der Waals surface area contributed by atoms with Crippen LogP contribution in [0.1, 0.15) is 26.7 Å². The van der Waals surface area contributed by atoms with Gasteiger partial charge in [-0.1, -0.05) is 13.8 Å². The average molecular weight is 278 g/mol. The molecular weight excluding hydrogens is 252 g/mol. The van der Waals surface area contributed by atoms with E-state index in [2.05, 4.69) is 45.8 Å². The molecule has 1 aliphatic heterocycles. The molecule has 0 spiro atoms. The quantitative estimate of drug-likeness (QED) is 0.780. The van der Waals surface area contributed by atoms with Gasteiger partial charge in [-0.3, -0.25) is 0 Å². The number of hydrogen-bond acceptors (Lipinski definition) is 6. The third-order valence-electron chi connectivity index (χ3n) is 3.63. The van der Waals surface area contributed by atoms with Crippen LogP contribution >= 0.6 is 0 Å². The zero-order chi connectivity index (χ0) is 14.4. The fraction of sp³-hybridized carbons (Fsp3) is 0.786. The van der Waals surface area contributed by atoms with Crippen LogP contribution in [0.2, 0.25) is 0 Å². The largest absolute Gasteiger partial charge is 0.353 e. The summed E-state index contributed by atoms with van der Waals surface area (Å²) in [4.78, 5) is 11.6. The normalized spacial score (nSPS) is 16.4. The molecule has 0 aromatic carbocycles. The summed E-state index contributed by atoms with van der Waals surface area (Å²) in [7, 11) is 2.16. The van der Waals surface area contributed by atoms with E-state index in [-0.39, 0.29) is 0 Å².